The van der Waals surface area contributed by atoms with Crippen LogP contribution in [0.2, 0.25) is 0 Å². The minimum absolute atomic E-state index is 0. The van der Waals surface area contributed by atoms with Gasteiger partial charge in [0, 0.05) is 6.20 Å². The van der Waals surface area contributed by atoms with Crippen molar-refractivity contribution in [1.29, 1.82) is 0 Å². The first-order valence-corrected chi connectivity index (χ1v) is 6.20. The van der Waals surface area contributed by atoms with Crippen LogP contribution in [0.5, 0.6) is 0 Å². The van der Waals surface area contributed by atoms with E-state index in [4.69, 9.17) is 0 Å². The maximum absolute atomic E-state index is 4.49. The third-order valence-corrected chi connectivity index (χ3v) is 3.10. The van der Waals surface area contributed by atoms with Gasteiger partial charge in [-0.1, -0.05) is 18.2 Å². The number of pyridine rings is 1. The van der Waals surface area contributed by atoms with Gasteiger partial charge in [-0.3, -0.25) is 0 Å². The number of aromatic nitrogens is 3. The molecule has 0 N–H and O–H groups in total. The van der Waals surface area contributed by atoms with Crippen molar-refractivity contribution in [3.05, 3.63) is 55.0 Å². The number of nitrogens with zero attached hydrogens (tertiary/aromatic N) is 3. The molecule has 2 aromatic heterocycles. The first-order chi connectivity index (χ1) is 8.77. The summed E-state index contributed by atoms with van der Waals surface area (Å²) in [6.07, 6.45) is 3.97. The molecule has 2 heterocycles. The summed E-state index contributed by atoms with van der Waals surface area (Å²) in [5, 5.41) is 0. The fourth-order valence-corrected chi connectivity index (χ4v) is 2.19. The van der Waals surface area contributed by atoms with Crippen molar-refractivity contribution in [2.24, 2.45) is 0 Å². The predicted molar refractivity (Wildman–Crippen MR) is 71.7 cm³/mol. The quantitative estimate of drug-likeness (QED) is 0.459. The Labute approximate surface area is 129 Å². The van der Waals surface area contributed by atoms with E-state index in [0.717, 1.165) is 16.9 Å². The second kappa shape index (κ2) is 5.69. The van der Waals surface area contributed by atoms with Crippen LogP contribution in [0.25, 0.3) is 16.9 Å². The summed E-state index contributed by atoms with van der Waals surface area (Å²) in [4.78, 5) is 4.49. The maximum atomic E-state index is 4.49. The molecule has 0 fully saturated rings. The third-order valence-electron chi connectivity index (χ3n) is 3.10. The topological polar surface area (TPSA) is 21.7 Å². The van der Waals surface area contributed by atoms with Gasteiger partial charge in [0.1, 0.15) is 5.69 Å². The standard InChI is InChI=1S/C15H16N3.HI/c1-12(2)17-11-18(13-7-4-3-5-8-13)14-9-6-10-16-15(14)17;/h3-12H,1-2H3;1H/q+1;/p-1. The van der Waals surface area contributed by atoms with E-state index in [1.54, 1.807) is 0 Å². The molecule has 0 saturated heterocycles. The van der Waals surface area contributed by atoms with Gasteiger partial charge in [-0.05, 0) is 38.1 Å². The van der Waals surface area contributed by atoms with Crippen molar-refractivity contribution in [1.82, 2.24) is 9.55 Å². The summed E-state index contributed by atoms with van der Waals surface area (Å²) >= 11 is 0. The SMILES string of the molecule is CC(C)n1c[n+](-c2ccccc2)c2cccnc21.[I-]. The van der Waals surface area contributed by atoms with Crippen LogP contribution in [0.1, 0.15) is 19.9 Å². The Morgan fingerprint density at radius 3 is 2.47 bits per heavy atom. The van der Waals surface area contributed by atoms with Crippen molar-refractivity contribution in [3.8, 4) is 5.69 Å². The van der Waals surface area contributed by atoms with E-state index >= 15 is 0 Å². The minimum Gasteiger partial charge on any atom is -1.00 e. The minimum atomic E-state index is 0. The lowest BCUT2D eigenvalue weighted by atomic mass is 10.3. The highest BCUT2D eigenvalue weighted by molar-refractivity contribution is 5.67. The monoisotopic (exact) mass is 365 g/mol. The molecule has 0 saturated carbocycles. The Bertz CT molecular complexity index is 674. The van der Waals surface area contributed by atoms with Crippen molar-refractivity contribution in [3.63, 3.8) is 0 Å². The van der Waals surface area contributed by atoms with Gasteiger partial charge >= 0.3 is 0 Å². The number of rotatable bonds is 2. The third kappa shape index (κ3) is 2.49. The zero-order valence-electron chi connectivity index (χ0n) is 11.0. The number of hydrogen-bond donors (Lipinski definition) is 0. The molecule has 0 radical (unpaired) electrons. The summed E-state index contributed by atoms with van der Waals surface area (Å²) < 4.78 is 4.38. The number of imidazole rings is 1. The van der Waals surface area contributed by atoms with Gasteiger partial charge in [0.05, 0.1) is 6.04 Å². The Hall–Kier alpha value is -1.43. The summed E-state index contributed by atoms with van der Waals surface area (Å²) in [7, 11) is 0. The summed E-state index contributed by atoms with van der Waals surface area (Å²) in [6, 6.07) is 14.8. The predicted octanol–water partition coefficient (Wildman–Crippen LogP) is -0.102. The van der Waals surface area contributed by atoms with E-state index < -0.39 is 0 Å². The van der Waals surface area contributed by atoms with E-state index in [9.17, 15) is 0 Å². The van der Waals surface area contributed by atoms with Crippen LogP contribution in [-0.2, 0) is 0 Å². The fourth-order valence-electron chi connectivity index (χ4n) is 2.19. The number of benzene rings is 1. The lowest BCUT2D eigenvalue weighted by molar-refractivity contribution is -0.568. The molecule has 0 bridgehead atoms. The lowest BCUT2D eigenvalue weighted by Gasteiger charge is -1.98. The van der Waals surface area contributed by atoms with Gasteiger partial charge in [-0.25, -0.2) is 9.55 Å². The molecule has 0 aliphatic rings. The second-order valence-electron chi connectivity index (χ2n) is 4.67. The Balaban J connectivity index is 0.00000133. The molecular formula is C15H16IN3. The molecule has 98 valence electrons. The van der Waals surface area contributed by atoms with Crippen LogP contribution in [-0.4, -0.2) is 9.55 Å². The highest BCUT2D eigenvalue weighted by Gasteiger charge is 2.19. The molecule has 0 aliphatic heterocycles. The molecule has 1 aromatic carbocycles. The first-order valence-electron chi connectivity index (χ1n) is 6.20. The molecule has 0 atom stereocenters. The Morgan fingerprint density at radius 1 is 1.05 bits per heavy atom. The molecule has 3 nitrogen and oxygen atoms in total. The van der Waals surface area contributed by atoms with Crippen molar-refractivity contribution in [2.75, 3.05) is 0 Å². The van der Waals surface area contributed by atoms with Crippen molar-refractivity contribution in [2.45, 2.75) is 19.9 Å². The van der Waals surface area contributed by atoms with Gasteiger partial charge in [-0.2, -0.15) is 4.57 Å². The van der Waals surface area contributed by atoms with Gasteiger partial charge < -0.3 is 24.0 Å². The van der Waals surface area contributed by atoms with Crippen LogP contribution < -0.4 is 28.5 Å². The van der Waals surface area contributed by atoms with Crippen LogP contribution in [0.4, 0.5) is 0 Å². The second-order valence-corrected chi connectivity index (χ2v) is 4.67. The van der Waals surface area contributed by atoms with E-state index in [1.807, 2.05) is 18.3 Å². The van der Waals surface area contributed by atoms with Gasteiger partial charge in [0.2, 0.25) is 0 Å². The highest BCUT2D eigenvalue weighted by atomic mass is 127. The van der Waals surface area contributed by atoms with E-state index in [1.165, 1.54) is 0 Å². The van der Waals surface area contributed by atoms with Crippen LogP contribution >= 0.6 is 0 Å². The molecular weight excluding hydrogens is 349 g/mol. The summed E-state index contributed by atoms with van der Waals surface area (Å²) in [5.74, 6) is 0. The zero-order valence-corrected chi connectivity index (χ0v) is 13.2. The number of hydrogen-bond acceptors (Lipinski definition) is 1. The Morgan fingerprint density at radius 2 is 1.79 bits per heavy atom. The number of fused-ring (bicyclic) bond motifs is 1. The van der Waals surface area contributed by atoms with Crippen molar-refractivity contribution < 1.29 is 28.5 Å². The zero-order chi connectivity index (χ0) is 12.5. The largest absolute Gasteiger partial charge is 1.00 e. The van der Waals surface area contributed by atoms with E-state index in [0.29, 0.717) is 6.04 Å². The lowest BCUT2D eigenvalue weighted by Crippen LogP contribution is -3.00. The van der Waals surface area contributed by atoms with E-state index in [-0.39, 0.29) is 24.0 Å². The maximum Gasteiger partial charge on any atom is 0.269 e. The van der Waals surface area contributed by atoms with E-state index in [2.05, 4.69) is 64.6 Å². The smallest absolute Gasteiger partial charge is 0.269 e. The average Bonchev–Trinajstić information content (AvgIpc) is 2.79. The molecule has 19 heavy (non-hydrogen) atoms. The Kier molecular flexibility index (Phi) is 4.19. The highest BCUT2D eigenvalue weighted by Crippen LogP contribution is 2.15. The number of halogens is 1. The molecule has 0 aliphatic carbocycles. The van der Waals surface area contributed by atoms with Crippen LogP contribution in [0.15, 0.2) is 55.0 Å². The number of para-hydroxylation sites is 1. The van der Waals surface area contributed by atoms with Crippen molar-refractivity contribution >= 4 is 11.2 Å². The first kappa shape index (κ1) is 14.0. The summed E-state index contributed by atoms with van der Waals surface area (Å²) in [6.45, 7) is 4.34. The summed E-state index contributed by atoms with van der Waals surface area (Å²) in [5.41, 5.74) is 3.32. The molecule has 0 unspecified atom stereocenters. The molecule has 0 amide bonds. The van der Waals surface area contributed by atoms with Crippen LogP contribution in [0, 0.1) is 0 Å². The molecule has 0 spiro atoms. The molecule has 4 heteroatoms. The fraction of sp³-hybridized carbons (Fsp3) is 0.200. The molecule has 3 rings (SSSR count). The molecule has 3 aromatic rings. The average molecular weight is 365 g/mol. The van der Waals surface area contributed by atoms with Gasteiger partial charge in [0.15, 0.2) is 5.52 Å². The van der Waals surface area contributed by atoms with Crippen LogP contribution in [0.3, 0.4) is 0 Å². The normalized spacial score (nSPS) is 10.7. The van der Waals surface area contributed by atoms with Gasteiger partial charge in [0.25, 0.3) is 12.0 Å². The van der Waals surface area contributed by atoms with Gasteiger partial charge in [-0.15, -0.1) is 0 Å².